The first-order valence-electron chi connectivity index (χ1n) is 6.08. The lowest BCUT2D eigenvalue weighted by molar-refractivity contribution is -0.385. The molecule has 0 aromatic heterocycles. The van der Waals surface area contributed by atoms with Crippen LogP contribution < -0.4 is 5.43 Å². The third kappa shape index (κ3) is 3.15. The average Bonchev–Trinajstić information content (AvgIpc) is 3.20. The highest BCUT2D eigenvalue weighted by molar-refractivity contribution is 5.96. The molecular weight excluding hydrogens is 246 g/mol. The number of nitro benzene ring substituents is 1. The van der Waals surface area contributed by atoms with Crippen LogP contribution in [0.1, 0.15) is 35.7 Å². The molecule has 1 aliphatic rings. The number of carbonyl (C=O) groups is 1. The number of benzene rings is 1. The number of rotatable bonds is 4. The van der Waals surface area contributed by atoms with Crippen LogP contribution in [0.25, 0.3) is 0 Å². The van der Waals surface area contributed by atoms with Gasteiger partial charge in [0, 0.05) is 22.9 Å². The van der Waals surface area contributed by atoms with Gasteiger partial charge in [-0.1, -0.05) is 6.07 Å². The van der Waals surface area contributed by atoms with E-state index in [4.69, 9.17) is 0 Å². The van der Waals surface area contributed by atoms with Gasteiger partial charge in [-0.15, -0.1) is 0 Å². The molecule has 0 unspecified atom stereocenters. The summed E-state index contributed by atoms with van der Waals surface area (Å²) < 4.78 is 0. The lowest BCUT2D eigenvalue weighted by Crippen LogP contribution is -2.19. The van der Waals surface area contributed by atoms with Crippen LogP contribution >= 0.6 is 0 Å². The van der Waals surface area contributed by atoms with Crippen LogP contribution in [0.4, 0.5) is 5.69 Å². The summed E-state index contributed by atoms with van der Waals surface area (Å²) in [6, 6.07) is 4.39. The minimum Gasteiger partial charge on any atom is -0.267 e. The summed E-state index contributed by atoms with van der Waals surface area (Å²) >= 11 is 0. The number of aryl methyl sites for hydroxylation is 1. The Morgan fingerprint density at radius 3 is 2.74 bits per heavy atom. The van der Waals surface area contributed by atoms with Crippen molar-refractivity contribution >= 4 is 17.3 Å². The number of nitro groups is 1. The van der Waals surface area contributed by atoms with Gasteiger partial charge in [0.15, 0.2) is 0 Å². The summed E-state index contributed by atoms with van der Waals surface area (Å²) in [4.78, 5) is 22.1. The van der Waals surface area contributed by atoms with Gasteiger partial charge in [0.2, 0.25) is 0 Å². The van der Waals surface area contributed by atoms with E-state index in [1.54, 1.807) is 19.1 Å². The van der Waals surface area contributed by atoms with Crippen molar-refractivity contribution in [2.75, 3.05) is 0 Å². The molecule has 1 aromatic carbocycles. The predicted molar refractivity (Wildman–Crippen MR) is 71.1 cm³/mol. The van der Waals surface area contributed by atoms with E-state index in [-0.39, 0.29) is 11.3 Å². The smallest absolute Gasteiger partial charge is 0.267 e. The Bertz CT molecular complexity index is 562. The van der Waals surface area contributed by atoms with E-state index >= 15 is 0 Å². The Kier molecular flexibility index (Phi) is 3.59. The van der Waals surface area contributed by atoms with E-state index in [2.05, 4.69) is 10.5 Å². The fourth-order valence-electron chi connectivity index (χ4n) is 1.74. The quantitative estimate of drug-likeness (QED) is 0.513. The van der Waals surface area contributed by atoms with Gasteiger partial charge in [-0.2, -0.15) is 5.10 Å². The zero-order chi connectivity index (χ0) is 14.0. The van der Waals surface area contributed by atoms with E-state index in [1.807, 2.05) is 6.92 Å². The molecule has 1 aromatic rings. The van der Waals surface area contributed by atoms with Crippen molar-refractivity contribution in [2.24, 2.45) is 11.0 Å². The lowest BCUT2D eigenvalue weighted by Gasteiger charge is -2.03. The molecule has 1 amide bonds. The second-order valence-corrected chi connectivity index (χ2v) is 4.73. The van der Waals surface area contributed by atoms with Gasteiger partial charge in [0.05, 0.1) is 4.92 Å². The van der Waals surface area contributed by atoms with E-state index < -0.39 is 10.8 Å². The molecule has 0 saturated heterocycles. The van der Waals surface area contributed by atoms with E-state index in [0.717, 1.165) is 18.6 Å². The number of hydrazone groups is 1. The van der Waals surface area contributed by atoms with Gasteiger partial charge in [-0.25, -0.2) is 5.43 Å². The lowest BCUT2D eigenvalue weighted by atomic mass is 10.1. The number of hydrogen-bond acceptors (Lipinski definition) is 4. The third-order valence-corrected chi connectivity index (χ3v) is 3.17. The predicted octanol–water partition coefficient (Wildman–Crippen LogP) is 2.42. The van der Waals surface area contributed by atoms with Gasteiger partial charge in [-0.3, -0.25) is 14.9 Å². The maximum absolute atomic E-state index is 11.8. The molecule has 0 bridgehead atoms. The maximum Gasteiger partial charge on any atom is 0.273 e. The van der Waals surface area contributed by atoms with Crippen molar-refractivity contribution in [3.63, 3.8) is 0 Å². The maximum atomic E-state index is 11.8. The summed E-state index contributed by atoms with van der Waals surface area (Å²) in [5.41, 5.74) is 4.04. The summed E-state index contributed by atoms with van der Waals surface area (Å²) in [7, 11) is 0. The molecule has 6 nitrogen and oxygen atoms in total. The first kappa shape index (κ1) is 13.2. The van der Waals surface area contributed by atoms with E-state index in [9.17, 15) is 14.9 Å². The Hall–Kier alpha value is -2.24. The second kappa shape index (κ2) is 5.17. The van der Waals surface area contributed by atoms with Gasteiger partial charge < -0.3 is 0 Å². The number of nitrogens with zero attached hydrogens (tertiary/aromatic N) is 2. The summed E-state index contributed by atoms with van der Waals surface area (Å²) in [5, 5.41) is 14.8. The van der Waals surface area contributed by atoms with Crippen molar-refractivity contribution in [1.29, 1.82) is 0 Å². The molecule has 1 fully saturated rings. The highest BCUT2D eigenvalue weighted by atomic mass is 16.6. The zero-order valence-electron chi connectivity index (χ0n) is 10.8. The van der Waals surface area contributed by atoms with Crippen LogP contribution in [0.15, 0.2) is 23.3 Å². The molecule has 1 saturated carbocycles. The molecule has 0 radical (unpaired) electrons. The number of amides is 1. The summed E-state index contributed by atoms with van der Waals surface area (Å²) in [5.74, 6) is 0.0516. The molecule has 1 aliphatic carbocycles. The van der Waals surface area contributed by atoms with E-state index in [0.29, 0.717) is 11.5 Å². The number of hydrogen-bond donors (Lipinski definition) is 1. The molecular formula is C13H15N3O3. The highest BCUT2D eigenvalue weighted by Crippen LogP contribution is 2.30. The molecule has 2 rings (SSSR count). The van der Waals surface area contributed by atoms with E-state index in [1.165, 1.54) is 6.07 Å². The average molecular weight is 261 g/mol. The van der Waals surface area contributed by atoms with Crippen LogP contribution in [-0.4, -0.2) is 16.5 Å². The normalized spacial score (nSPS) is 15.2. The highest BCUT2D eigenvalue weighted by Gasteiger charge is 2.24. The Morgan fingerprint density at radius 2 is 2.16 bits per heavy atom. The van der Waals surface area contributed by atoms with Gasteiger partial charge >= 0.3 is 0 Å². The third-order valence-electron chi connectivity index (χ3n) is 3.17. The van der Waals surface area contributed by atoms with Crippen LogP contribution in [0.5, 0.6) is 0 Å². The van der Waals surface area contributed by atoms with Gasteiger partial charge in [0.1, 0.15) is 0 Å². The first-order valence-corrected chi connectivity index (χ1v) is 6.08. The largest absolute Gasteiger partial charge is 0.273 e. The van der Waals surface area contributed by atoms with Crippen molar-refractivity contribution in [2.45, 2.75) is 26.7 Å². The number of nitrogens with one attached hydrogen (secondary N) is 1. The molecule has 0 atom stereocenters. The first-order chi connectivity index (χ1) is 8.99. The molecule has 0 heterocycles. The zero-order valence-corrected chi connectivity index (χ0v) is 10.8. The molecule has 6 heteroatoms. The van der Waals surface area contributed by atoms with Crippen molar-refractivity contribution in [3.8, 4) is 0 Å². The molecule has 19 heavy (non-hydrogen) atoms. The fraction of sp³-hybridized carbons (Fsp3) is 0.385. The number of carbonyl (C=O) groups excluding carboxylic acids is 1. The molecule has 0 spiro atoms. The second-order valence-electron chi connectivity index (χ2n) is 4.73. The van der Waals surface area contributed by atoms with Crippen molar-refractivity contribution in [1.82, 2.24) is 5.43 Å². The summed E-state index contributed by atoms with van der Waals surface area (Å²) in [6.07, 6.45) is 2.22. The van der Waals surface area contributed by atoms with Gasteiger partial charge in [0.25, 0.3) is 11.6 Å². The van der Waals surface area contributed by atoms with Crippen LogP contribution in [0, 0.1) is 23.0 Å². The van der Waals surface area contributed by atoms with Crippen LogP contribution in [-0.2, 0) is 0 Å². The SMILES string of the molecule is CC(=NNC(=O)c1ccc(C)c([N+](=O)[O-])c1)C1CC1. The van der Waals surface area contributed by atoms with Crippen molar-refractivity contribution < 1.29 is 9.72 Å². The van der Waals surface area contributed by atoms with Crippen LogP contribution in [0.2, 0.25) is 0 Å². The molecule has 100 valence electrons. The van der Waals surface area contributed by atoms with Gasteiger partial charge in [-0.05, 0) is 38.7 Å². The Morgan fingerprint density at radius 1 is 1.47 bits per heavy atom. The monoisotopic (exact) mass is 261 g/mol. The van der Waals surface area contributed by atoms with Crippen LogP contribution in [0.3, 0.4) is 0 Å². The van der Waals surface area contributed by atoms with Crippen molar-refractivity contribution in [3.05, 3.63) is 39.4 Å². The molecule has 1 N–H and O–H groups in total. The minimum absolute atomic E-state index is 0.0597. The Balaban J connectivity index is 2.12. The fourth-order valence-corrected chi connectivity index (χ4v) is 1.74. The molecule has 0 aliphatic heterocycles. The minimum atomic E-state index is -0.495. The standard InChI is InChI=1S/C13H15N3O3/c1-8-3-4-11(7-12(8)16(18)19)13(17)15-14-9(2)10-5-6-10/h3-4,7,10H,5-6H2,1-2H3,(H,15,17). The topological polar surface area (TPSA) is 84.6 Å². The summed E-state index contributed by atoms with van der Waals surface area (Å²) in [6.45, 7) is 3.50. The Labute approximate surface area is 110 Å².